The van der Waals surface area contributed by atoms with Crippen LogP contribution in [0.2, 0.25) is 0 Å². The maximum atomic E-state index is 12.4. The predicted molar refractivity (Wildman–Crippen MR) is 117 cm³/mol. The molecule has 1 amide bonds. The standard InChI is InChI=1S/C23H31N5O/c1-16-5-9-20(17(2)12-16)27-23(29)10-6-18-4-3-11-28(14-18)22-13-21(24-15-25-22)26-19-7-8-19/h5,9,12-13,15,18-19H,3-4,6-8,10-11,14H2,1-2H3,(H,27,29)(H,24,25,26). The lowest BCUT2D eigenvalue weighted by molar-refractivity contribution is -0.116. The van der Waals surface area contributed by atoms with Gasteiger partial charge >= 0.3 is 0 Å². The molecule has 6 nitrogen and oxygen atoms in total. The summed E-state index contributed by atoms with van der Waals surface area (Å²) in [5.74, 6) is 2.54. The highest BCUT2D eigenvalue weighted by atomic mass is 16.1. The molecule has 2 N–H and O–H groups in total. The predicted octanol–water partition coefficient (Wildman–Crippen LogP) is 4.30. The van der Waals surface area contributed by atoms with E-state index >= 15 is 0 Å². The summed E-state index contributed by atoms with van der Waals surface area (Å²) < 4.78 is 0. The van der Waals surface area contributed by atoms with E-state index < -0.39 is 0 Å². The average Bonchev–Trinajstić information content (AvgIpc) is 3.53. The van der Waals surface area contributed by atoms with Crippen LogP contribution in [-0.4, -0.2) is 35.0 Å². The van der Waals surface area contributed by atoms with Crippen molar-refractivity contribution in [2.45, 2.75) is 58.4 Å². The van der Waals surface area contributed by atoms with Crippen LogP contribution in [0.1, 0.15) is 49.7 Å². The summed E-state index contributed by atoms with van der Waals surface area (Å²) in [7, 11) is 0. The summed E-state index contributed by atoms with van der Waals surface area (Å²) in [6.45, 7) is 6.08. The van der Waals surface area contributed by atoms with Crippen LogP contribution >= 0.6 is 0 Å². The van der Waals surface area contributed by atoms with Crippen LogP contribution in [0.4, 0.5) is 17.3 Å². The Bertz CT molecular complexity index is 864. The van der Waals surface area contributed by atoms with Crippen LogP contribution in [0.3, 0.4) is 0 Å². The van der Waals surface area contributed by atoms with Gasteiger partial charge in [0, 0.05) is 37.3 Å². The summed E-state index contributed by atoms with van der Waals surface area (Å²) in [5.41, 5.74) is 3.24. The Labute approximate surface area is 173 Å². The number of nitrogens with one attached hydrogen (secondary N) is 2. The minimum absolute atomic E-state index is 0.104. The number of amides is 1. The molecule has 2 aliphatic rings. The normalized spacial score (nSPS) is 19.1. The highest BCUT2D eigenvalue weighted by Crippen LogP contribution is 2.28. The molecule has 2 fully saturated rings. The lowest BCUT2D eigenvalue weighted by atomic mass is 9.93. The lowest BCUT2D eigenvalue weighted by Crippen LogP contribution is -2.36. The number of piperidine rings is 1. The van der Waals surface area contributed by atoms with Crippen LogP contribution < -0.4 is 15.5 Å². The molecule has 2 aromatic rings. The van der Waals surface area contributed by atoms with E-state index in [9.17, 15) is 4.79 Å². The van der Waals surface area contributed by atoms with Crippen molar-refractivity contribution in [2.24, 2.45) is 5.92 Å². The van der Waals surface area contributed by atoms with Gasteiger partial charge in [0.15, 0.2) is 0 Å². The first-order valence-corrected chi connectivity index (χ1v) is 10.8. The third-order valence-corrected chi connectivity index (χ3v) is 5.86. The molecule has 1 atom stereocenters. The van der Waals surface area contributed by atoms with Gasteiger partial charge in [0.1, 0.15) is 18.0 Å². The van der Waals surface area contributed by atoms with E-state index in [0.29, 0.717) is 18.4 Å². The van der Waals surface area contributed by atoms with Crippen molar-refractivity contribution in [1.29, 1.82) is 0 Å². The molecule has 4 rings (SSSR count). The molecule has 1 saturated carbocycles. The van der Waals surface area contributed by atoms with Crippen molar-refractivity contribution < 1.29 is 4.79 Å². The highest BCUT2D eigenvalue weighted by molar-refractivity contribution is 5.91. The molecule has 1 aromatic heterocycles. The number of rotatable bonds is 7. The van der Waals surface area contributed by atoms with Gasteiger partial charge in [-0.3, -0.25) is 4.79 Å². The summed E-state index contributed by atoms with van der Waals surface area (Å²) >= 11 is 0. The van der Waals surface area contributed by atoms with Crippen LogP contribution in [-0.2, 0) is 4.79 Å². The molecule has 0 spiro atoms. The summed E-state index contributed by atoms with van der Waals surface area (Å²) in [5, 5.41) is 6.52. The molecule has 1 unspecified atom stereocenters. The number of carbonyl (C=O) groups is 1. The second-order valence-corrected chi connectivity index (χ2v) is 8.54. The van der Waals surface area contributed by atoms with Crippen LogP contribution in [0.5, 0.6) is 0 Å². The summed E-state index contributed by atoms with van der Waals surface area (Å²) in [4.78, 5) is 23.6. The van der Waals surface area contributed by atoms with Crippen LogP contribution in [0.25, 0.3) is 0 Å². The Morgan fingerprint density at radius 3 is 2.83 bits per heavy atom. The number of nitrogens with zero attached hydrogens (tertiary/aromatic N) is 3. The number of aromatic nitrogens is 2. The van der Waals surface area contributed by atoms with Gasteiger partial charge in [-0.2, -0.15) is 0 Å². The van der Waals surface area contributed by atoms with Crippen molar-refractivity contribution in [2.75, 3.05) is 28.6 Å². The van der Waals surface area contributed by atoms with E-state index in [-0.39, 0.29) is 5.91 Å². The molecule has 2 heterocycles. The van der Waals surface area contributed by atoms with Crippen LogP contribution in [0.15, 0.2) is 30.6 Å². The van der Waals surface area contributed by atoms with Crippen molar-refractivity contribution in [3.63, 3.8) is 0 Å². The first-order valence-electron chi connectivity index (χ1n) is 10.8. The van der Waals surface area contributed by atoms with E-state index in [0.717, 1.165) is 48.8 Å². The number of benzene rings is 1. The van der Waals surface area contributed by atoms with E-state index in [2.05, 4.69) is 44.6 Å². The zero-order chi connectivity index (χ0) is 20.2. The summed E-state index contributed by atoms with van der Waals surface area (Å²) in [6, 6.07) is 8.78. The molecular weight excluding hydrogens is 362 g/mol. The molecule has 154 valence electrons. The van der Waals surface area contributed by atoms with E-state index in [4.69, 9.17) is 0 Å². The molecule has 0 radical (unpaired) electrons. The van der Waals surface area contributed by atoms with Crippen LogP contribution in [0, 0.1) is 19.8 Å². The Balaban J connectivity index is 1.29. The molecule has 6 heteroatoms. The minimum Gasteiger partial charge on any atom is -0.367 e. The molecule has 29 heavy (non-hydrogen) atoms. The number of hydrogen-bond acceptors (Lipinski definition) is 5. The summed E-state index contributed by atoms with van der Waals surface area (Å²) in [6.07, 6.45) is 7.89. The average molecular weight is 394 g/mol. The van der Waals surface area contributed by atoms with Gasteiger partial charge in [-0.15, -0.1) is 0 Å². The molecule has 1 aliphatic heterocycles. The number of hydrogen-bond donors (Lipinski definition) is 2. The Morgan fingerprint density at radius 1 is 1.17 bits per heavy atom. The maximum Gasteiger partial charge on any atom is 0.224 e. The Hall–Kier alpha value is -2.63. The van der Waals surface area contributed by atoms with E-state index in [1.165, 1.54) is 24.8 Å². The highest BCUT2D eigenvalue weighted by Gasteiger charge is 2.24. The smallest absolute Gasteiger partial charge is 0.224 e. The van der Waals surface area contributed by atoms with Gasteiger partial charge in [0.25, 0.3) is 0 Å². The Morgan fingerprint density at radius 2 is 2.03 bits per heavy atom. The topological polar surface area (TPSA) is 70.2 Å². The molecule has 1 aliphatic carbocycles. The second kappa shape index (κ2) is 8.80. The van der Waals surface area contributed by atoms with Gasteiger partial charge in [-0.1, -0.05) is 17.7 Å². The SMILES string of the molecule is Cc1ccc(NC(=O)CCC2CCCN(c3cc(NC4CC4)ncn3)C2)c(C)c1. The third-order valence-electron chi connectivity index (χ3n) is 5.86. The maximum absolute atomic E-state index is 12.4. The zero-order valence-electron chi connectivity index (χ0n) is 17.4. The molecule has 1 saturated heterocycles. The van der Waals surface area contributed by atoms with Gasteiger partial charge in [0.05, 0.1) is 0 Å². The van der Waals surface area contributed by atoms with Gasteiger partial charge < -0.3 is 15.5 Å². The van der Waals surface area contributed by atoms with E-state index in [1.807, 2.05) is 19.1 Å². The quantitative estimate of drug-likeness (QED) is 0.734. The molecular formula is C23H31N5O. The minimum atomic E-state index is 0.104. The zero-order valence-corrected chi connectivity index (χ0v) is 17.4. The second-order valence-electron chi connectivity index (χ2n) is 8.54. The third kappa shape index (κ3) is 5.46. The fraction of sp³-hybridized carbons (Fsp3) is 0.522. The fourth-order valence-corrected chi connectivity index (χ4v) is 4.05. The number of carbonyl (C=O) groups excluding carboxylic acids is 1. The van der Waals surface area contributed by atoms with Gasteiger partial charge in [-0.25, -0.2) is 9.97 Å². The first-order chi connectivity index (χ1) is 14.1. The van der Waals surface area contributed by atoms with Gasteiger partial charge in [-0.05, 0) is 63.5 Å². The first kappa shape index (κ1) is 19.7. The molecule has 0 bridgehead atoms. The largest absolute Gasteiger partial charge is 0.367 e. The lowest BCUT2D eigenvalue weighted by Gasteiger charge is -2.33. The Kier molecular flexibility index (Phi) is 5.97. The fourth-order valence-electron chi connectivity index (χ4n) is 4.05. The van der Waals surface area contributed by atoms with Crippen molar-refractivity contribution in [3.8, 4) is 0 Å². The monoisotopic (exact) mass is 393 g/mol. The number of aryl methyl sites for hydroxylation is 2. The van der Waals surface area contributed by atoms with Gasteiger partial charge in [0.2, 0.25) is 5.91 Å². The van der Waals surface area contributed by atoms with Crippen molar-refractivity contribution in [1.82, 2.24) is 9.97 Å². The van der Waals surface area contributed by atoms with E-state index in [1.54, 1.807) is 6.33 Å². The van der Waals surface area contributed by atoms with Crippen molar-refractivity contribution in [3.05, 3.63) is 41.7 Å². The van der Waals surface area contributed by atoms with Crippen molar-refractivity contribution >= 4 is 23.2 Å². The molecule has 1 aromatic carbocycles. The number of anilines is 3.